The van der Waals surface area contributed by atoms with Gasteiger partial charge in [-0.05, 0) is 32.4 Å². The van der Waals surface area contributed by atoms with Crippen LogP contribution < -0.4 is 0 Å². The molecule has 0 radical (unpaired) electrons. The van der Waals surface area contributed by atoms with E-state index in [0.717, 1.165) is 6.42 Å². The van der Waals surface area contributed by atoms with Gasteiger partial charge in [0.25, 0.3) is 0 Å². The van der Waals surface area contributed by atoms with E-state index in [0.29, 0.717) is 5.92 Å². The first-order valence-electron chi connectivity index (χ1n) is 5.27. The van der Waals surface area contributed by atoms with Crippen molar-refractivity contribution in [2.24, 2.45) is 5.92 Å². The van der Waals surface area contributed by atoms with Crippen LogP contribution in [0, 0.1) is 5.92 Å². The second-order valence-corrected chi connectivity index (χ2v) is 8.67. The average Bonchev–Trinajstić information content (AvgIpc) is 1.98. The van der Waals surface area contributed by atoms with E-state index < -0.39 is 8.32 Å². The highest BCUT2D eigenvalue weighted by atomic mass is 28.4. The van der Waals surface area contributed by atoms with E-state index >= 15 is 0 Å². The molecule has 2 atom stereocenters. The number of hydrogen-bond acceptors (Lipinski definition) is 2. The lowest BCUT2D eigenvalue weighted by atomic mass is 10.2. The minimum Gasteiger partial charge on any atom is -0.430 e. The minimum atomic E-state index is -2.20. The smallest absolute Gasteiger partial charge is 0.211 e. The summed E-state index contributed by atoms with van der Waals surface area (Å²) in [5, 5.41) is 0. The molecule has 0 heterocycles. The minimum absolute atomic E-state index is 0.0115. The standard InChI is InChI=1S/C11H24O2Si/c1-7-8-10(4)13-11(9(2)3)14(5,6)12/h7,9-12H,1,8H2,2-6H3. The highest BCUT2D eigenvalue weighted by molar-refractivity contribution is 6.71. The first-order valence-corrected chi connectivity index (χ1v) is 8.30. The van der Waals surface area contributed by atoms with Gasteiger partial charge in [-0.15, -0.1) is 6.58 Å². The van der Waals surface area contributed by atoms with Crippen LogP contribution in [0.3, 0.4) is 0 Å². The van der Waals surface area contributed by atoms with Crippen LogP contribution in [0.5, 0.6) is 0 Å². The van der Waals surface area contributed by atoms with Crippen molar-refractivity contribution in [3.05, 3.63) is 12.7 Å². The summed E-state index contributed by atoms with van der Waals surface area (Å²) in [5.41, 5.74) is 0.0115. The molecule has 3 heteroatoms. The van der Waals surface area contributed by atoms with Crippen LogP contribution in [0.1, 0.15) is 27.2 Å². The SMILES string of the molecule is C=CCC(C)OC(C(C)C)[Si](C)(C)O. The van der Waals surface area contributed by atoms with Gasteiger partial charge in [0.1, 0.15) is 0 Å². The molecule has 1 N–H and O–H groups in total. The van der Waals surface area contributed by atoms with Crippen LogP contribution in [-0.4, -0.2) is 24.9 Å². The fraction of sp³-hybridized carbons (Fsp3) is 0.818. The Hall–Kier alpha value is -0.123. The third-order valence-corrected chi connectivity index (χ3v) is 4.37. The third kappa shape index (κ3) is 4.93. The average molecular weight is 216 g/mol. The Labute approximate surface area is 89.1 Å². The third-order valence-electron chi connectivity index (χ3n) is 2.18. The zero-order valence-corrected chi connectivity index (χ0v) is 11.1. The molecule has 0 bridgehead atoms. The summed E-state index contributed by atoms with van der Waals surface area (Å²) in [6.45, 7) is 13.8. The molecule has 0 amide bonds. The molecule has 84 valence electrons. The van der Waals surface area contributed by atoms with Gasteiger partial charge in [0, 0.05) is 0 Å². The van der Waals surface area contributed by atoms with Gasteiger partial charge in [-0.25, -0.2) is 0 Å². The first kappa shape index (κ1) is 13.9. The summed E-state index contributed by atoms with van der Waals surface area (Å²) < 4.78 is 5.86. The molecule has 0 spiro atoms. The van der Waals surface area contributed by atoms with Gasteiger partial charge in [-0.2, -0.15) is 0 Å². The van der Waals surface area contributed by atoms with E-state index in [-0.39, 0.29) is 11.8 Å². The van der Waals surface area contributed by atoms with E-state index in [1.165, 1.54) is 0 Å². The molecule has 0 aromatic heterocycles. The van der Waals surface area contributed by atoms with Gasteiger partial charge < -0.3 is 9.53 Å². The molecule has 0 aromatic carbocycles. The van der Waals surface area contributed by atoms with Crippen molar-refractivity contribution >= 4 is 8.32 Å². The summed E-state index contributed by atoms with van der Waals surface area (Å²) in [4.78, 5) is 10.1. The lowest BCUT2D eigenvalue weighted by Gasteiger charge is -2.32. The Kier molecular flexibility index (Phi) is 5.63. The largest absolute Gasteiger partial charge is 0.430 e. The van der Waals surface area contributed by atoms with Crippen LogP contribution >= 0.6 is 0 Å². The van der Waals surface area contributed by atoms with E-state index in [1.54, 1.807) is 0 Å². The van der Waals surface area contributed by atoms with E-state index in [1.807, 2.05) is 26.1 Å². The predicted octanol–water partition coefficient (Wildman–Crippen LogP) is 2.73. The van der Waals surface area contributed by atoms with Crippen molar-refractivity contribution < 1.29 is 9.53 Å². The second-order valence-electron chi connectivity index (χ2n) is 4.79. The number of hydrogen-bond donors (Lipinski definition) is 1. The van der Waals surface area contributed by atoms with Gasteiger partial charge in [-0.3, -0.25) is 0 Å². The maximum atomic E-state index is 10.1. The van der Waals surface area contributed by atoms with Gasteiger partial charge >= 0.3 is 0 Å². The van der Waals surface area contributed by atoms with Crippen LogP contribution in [0.25, 0.3) is 0 Å². The Bertz CT molecular complexity index is 173. The van der Waals surface area contributed by atoms with Crippen molar-refractivity contribution in [3.8, 4) is 0 Å². The molecule has 0 aromatic rings. The monoisotopic (exact) mass is 216 g/mol. The van der Waals surface area contributed by atoms with Crippen LogP contribution in [0.2, 0.25) is 13.1 Å². The predicted molar refractivity (Wildman–Crippen MR) is 63.7 cm³/mol. The molecular formula is C11H24O2Si. The van der Waals surface area contributed by atoms with Crippen molar-refractivity contribution in [1.29, 1.82) is 0 Å². The molecule has 0 saturated carbocycles. The van der Waals surface area contributed by atoms with Crippen molar-refractivity contribution in [1.82, 2.24) is 0 Å². The molecule has 14 heavy (non-hydrogen) atoms. The summed E-state index contributed by atoms with van der Waals surface area (Å²) >= 11 is 0. The summed E-state index contributed by atoms with van der Waals surface area (Å²) in [6, 6.07) is 0. The summed E-state index contributed by atoms with van der Waals surface area (Å²) in [5.74, 6) is 0.369. The Morgan fingerprint density at radius 2 is 1.86 bits per heavy atom. The fourth-order valence-corrected chi connectivity index (χ4v) is 3.88. The Morgan fingerprint density at radius 3 is 2.14 bits per heavy atom. The maximum Gasteiger partial charge on any atom is 0.211 e. The van der Waals surface area contributed by atoms with Crippen LogP contribution in [-0.2, 0) is 4.74 Å². The molecule has 0 fully saturated rings. The molecule has 0 aliphatic carbocycles. The van der Waals surface area contributed by atoms with Crippen molar-refractivity contribution in [2.75, 3.05) is 0 Å². The van der Waals surface area contributed by atoms with Gasteiger partial charge in [0.2, 0.25) is 8.32 Å². The molecular weight excluding hydrogens is 192 g/mol. The van der Waals surface area contributed by atoms with E-state index in [9.17, 15) is 4.80 Å². The maximum absolute atomic E-state index is 10.1. The topological polar surface area (TPSA) is 29.5 Å². The van der Waals surface area contributed by atoms with Gasteiger partial charge in [0.15, 0.2) is 0 Å². The number of rotatable bonds is 6. The molecule has 2 unspecified atom stereocenters. The number of ether oxygens (including phenoxy) is 1. The molecule has 0 saturated heterocycles. The van der Waals surface area contributed by atoms with Crippen LogP contribution in [0.4, 0.5) is 0 Å². The Morgan fingerprint density at radius 1 is 1.36 bits per heavy atom. The molecule has 2 nitrogen and oxygen atoms in total. The normalized spacial score (nSPS) is 16.8. The molecule has 0 aliphatic rings. The fourth-order valence-electron chi connectivity index (χ4n) is 1.68. The highest BCUT2D eigenvalue weighted by Gasteiger charge is 2.34. The quantitative estimate of drug-likeness (QED) is 0.546. The van der Waals surface area contributed by atoms with Gasteiger partial charge in [0.05, 0.1) is 11.8 Å². The highest BCUT2D eigenvalue weighted by Crippen LogP contribution is 2.19. The zero-order chi connectivity index (χ0) is 11.4. The van der Waals surface area contributed by atoms with E-state index in [2.05, 4.69) is 20.4 Å². The molecule has 0 rings (SSSR count). The molecule has 0 aliphatic heterocycles. The summed E-state index contributed by atoms with van der Waals surface area (Å²) in [7, 11) is -2.20. The summed E-state index contributed by atoms with van der Waals surface area (Å²) in [6.07, 6.45) is 2.85. The first-order chi connectivity index (χ1) is 6.29. The second kappa shape index (κ2) is 5.68. The lowest BCUT2D eigenvalue weighted by Crippen LogP contribution is -2.48. The van der Waals surface area contributed by atoms with E-state index in [4.69, 9.17) is 4.74 Å². The lowest BCUT2D eigenvalue weighted by molar-refractivity contribution is 0.00811. The van der Waals surface area contributed by atoms with Crippen molar-refractivity contribution in [2.45, 2.75) is 52.1 Å². The van der Waals surface area contributed by atoms with Crippen LogP contribution in [0.15, 0.2) is 12.7 Å². The van der Waals surface area contributed by atoms with Gasteiger partial charge in [-0.1, -0.05) is 19.9 Å². The van der Waals surface area contributed by atoms with Crippen molar-refractivity contribution in [3.63, 3.8) is 0 Å². The Balaban J connectivity index is 4.31. The zero-order valence-electron chi connectivity index (χ0n) is 10.1.